The molecule has 0 aliphatic carbocycles. The number of ether oxygens (including phenoxy) is 1. The van der Waals surface area contributed by atoms with Crippen LogP contribution in [0.4, 0.5) is 23.0 Å². The Morgan fingerprint density at radius 2 is 1.59 bits per heavy atom. The van der Waals surface area contributed by atoms with Crippen LogP contribution in [-0.4, -0.2) is 22.9 Å². The molecule has 0 spiro atoms. The van der Waals surface area contributed by atoms with E-state index in [9.17, 15) is 4.79 Å². The van der Waals surface area contributed by atoms with Crippen LogP contribution in [0, 0.1) is 13.8 Å². The van der Waals surface area contributed by atoms with Gasteiger partial charge >= 0.3 is 0 Å². The molecule has 1 heterocycles. The van der Waals surface area contributed by atoms with E-state index in [2.05, 4.69) is 20.6 Å². The Morgan fingerprint density at radius 3 is 2.22 bits per heavy atom. The molecule has 0 fully saturated rings. The fraction of sp³-hybridized carbons (Fsp3) is 0.190. The van der Waals surface area contributed by atoms with E-state index >= 15 is 0 Å². The average Bonchev–Trinajstić information content (AvgIpc) is 2.62. The Kier molecular flexibility index (Phi) is 5.35. The monoisotopic (exact) mass is 362 g/mol. The number of carbonyl (C=O) groups is 1. The van der Waals surface area contributed by atoms with Crippen molar-refractivity contribution >= 4 is 28.8 Å². The molecule has 0 aliphatic heterocycles. The molecule has 138 valence electrons. The van der Waals surface area contributed by atoms with Crippen molar-refractivity contribution in [2.45, 2.75) is 20.8 Å². The summed E-state index contributed by atoms with van der Waals surface area (Å²) >= 11 is 0. The third-order valence-electron chi connectivity index (χ3n) is 4.02. The van der Waals surface area contributed by atoms with E-state index in [0.717, 1.165) is 22.7 Å². The van der Waals surface area contributed by atoms with E-state index in [4.69, 9.17) is 4.74 Å². The molecule has 0 unspecified atom stereocenters. The van der Waals surface area contributed by atoms with Crippen molar-refractivity contribution in [3.05, 3.63) is 65.5 Å². The summed E-state index contributed by atoms with van der Waals surface area (Å²) in [4.78, 5) is 20.3. The normalized spacial score (nSPS) is 10.4. The van der Waals surface area contributed by atoms with Gasteiger partial charge in [0.15, 0.2) is 5.78 Å². The molecular formula is C21H22N4O2. The molecule has 0 aliphatic rings. The van der Waals surface area contributed by atoms with Gasteiger partial charge < -0.3 is 15.4 Å². The number of carbonyl (C=O) groups excluding carboxylic acids is 1. The molecule has 2 aromatic carbocycles. The van der Waals surface area contributed by atoms with Crippen LogP contribution in [-0.2, 0) is 0 Å². The quantitative estimate of drug-likeness (QED) is 0.614. The van der Waals surface area contributed by atoms with Crippen LogP contribution in [0.15, 0.2) is 48.5 Å². The summed E-state index contributed by atoms with van der Waals surface area (Å²) in [6, 6.07) is 15.0. The molecule has 6 heteroatoms. The average molecular weight is 362 g/mol. The Morgan fingerprint density at radius 1 is 0.926 bits per heavy atom. The first-order valence-electron chi connectivity index (χ1n) is 8.60. The maximum atomic E-state index is 11.4. The predicted octanol–water partition coefficient (Wildman–Crippen LogP) is 4.79. The van der Waals surface area contributed by atoms with Gasteiger partial charge in [-0.05, 0) is 62.7 Å². The first-order chi connectivity index (χ1) is 12.9. The smallest absolute Gasteiger partial charge is 0.159 e. The fourth-order valence-corrected chi connectivity index (χ4v) is 2.69. The van der Waals surface area contributed by atoms with Gasteiger partial charge in [0, 0.05) is 17.3 Å². The summed E-state index contributed by atoms with van der Waals surface area (Å²) in [5.41, 5.74) is 3.48. The lowest BCUT2D eigenvalue weighted by atomic mass is 10.1. The van der Waals surface area contributed by atoms with Crippen molar-refractivity contribution in [2.24, 2.45) is 0 Å². The number of rotatable bonds is 6. The summed E-state index contributed by atoms with van der Waals surface area (Å²) in [5, 5.41) is 6.54. The van der Waals surface area contributed by atoms with Gasteiger partial charge in [-0.15, -0.1) is 0 Å². The molecule has 0 radical (unpaired) electrons. The minimum absolute atomic E-state index is 0.0398. The maximum absolute atomic E-state index is 11.4. The van der Waals surface area contributed by atoms with Gasteiger partial charge in [-0.3, -0.25) is 4.79 Å². The van der Waals surface area contributed by atoms with Crippen molar-refractivity contribution in [1.82, 2.24) is 9.97 Å². The molecule has 0 saturated heterocycles. The minimum Gasteiger partial charge on any atom is -0.495 e. The third kappa shape index (κ3) is 4.61. The summed E-state index contributed by atoms with van der Waals surface area (Å²) in [6.07, 6.45) is 0. The number of nitrogens with zero attached hydrogens (tertiary/aromatic N) is 2. The van der Waals surface area contributed by atoms with Gasteiger partial charge in [0.25, 0.3) is 0 Å². The van der Waals surface area contributed by atoms with Crippen molar-refractivity contribution < 1.29 is 9.53 Å². The molecule has 0 atom stereocenters. The van der Waals surface area contributed by atoms with Gasteiger partial charge in [-0.2, -0.15) is 0 Å². The lowest BCUT2D eigenvalue weighted by molar-refractivity contribution is 0.101. The molecule has 2 N–H and O–H groups in total. The minimum atomic E-state index is 0.0398. The van der Waals surface area contributed by atoms with E-state index < -0.39 is 0 Å². The molecule has 0 amide bonds. The number of ketones is 1. The Balaban J connectivity index is 1.84. The van der Waals surface area contributed by atoms with Crippen molar-refractivity contribution in [3.8, 4) is 5.75 Å². The van der Waals surface area contributed by atoms with Crippen molar-refractivity contribution in [3.63, 3.8) is 0 Å². The van der Waals surface area contributed by atoms with E-state index in [-0.39, 0.29) is 5.78 Å². The summed E-state index contributed by atoms with van der Waals surface area (Å²) in [5.74, 6) is 2.74. The van der Waals surface area contributed by atoms with Crippen molar-refractivity contribution in [2.75, 3.05) is 17.7 Å². The van der Waals surface area contributed by atoms with Crippen LogP contribution < -0.4 is 15.4 Å². The standard InChI is InChI=1S/C21H22N4O2/c1-13-5-10-19(27-4)18(11-13)25-21-12-20(22-15(3)23-21)24-17-8-6-16(7-9-17)14(2)26/h5-12H,1-4H3,(H2,22,23,24,25). The molecule has 6 nitrogen and oxygen atoms in total. The van der Waals surface area contributed by atoms with Gasteiger partial charge in [0.2, 0.25) is 0 Å². The molecule has 1 aromatic heterocycles. The van der Waals surface area contributed by atoms with Crippen LogP contribution in [0.3, 0.4) is 0 Å². The highest BCUT2D eigenvalue weighted by Gasteiger charge is 2.08. The SMILES string of the molecule is COc1ccc(C)cc1Nc1cc(Nc2ccc(C(C)=O)cc2)nc(C)n1. The first-order valence-corrected chi connectivity index (χ1v) is 8.60. The second-order valence-electron chi connectivity index (χ2n) is 6.27. The molecule has 3 aromatic rings. The van der Waals surface area contributed by atoms with E-state index in [0.29, 0.717) is 23.0 Å². The number of hydrogen-bond donors (Lipinski definition) is 2. The molecular weight excluding hydrogens is 340 g/mol. The lowest BCUT2D eigenvalue weighted by Crippen LogP contribution is -2.03. The van der Waals surface area contributed by atoms with E-state index in [1.807, 2.05) is 50.2 Å². The number of benzene rings is 2. The van der Waals surface area contributed by atoms with E-state index in [1.54, 1.807) is 26.2 Å². The first kappa shape index (κ1) is 18.4. The molecule has 27 heavy (non-hydrogen) atoms. The number of methoxy groups -OCH3 is 1. The number of Topliss-reactive ketones (excluding diaryl/α,β-unsaturated/α-hetero) is 1. The van der Waals surface area contributed by atoms with Gasteiger partial charge in [0.05, 0.1) is 12.8 Å². The number of hydrogen-bond acceptors (Lipinski definition) is 6. The predicted molar refractivity (Wildman–Crippen MR) is 108 cm³/mol. The van der Waals surface area contributed by atoms with Gasteiger partial charge in [-0.25, -0.2) is 9.97 Å². The largest absolute Gasteiger partial charge is 0.495 e. The number of nitrogens with one attached hydrogen (secondary N) is 2. The summed E-state index contributed by atoms with van der Waals surface area (Å²) in [6.45, 7) is 5.41. The second kappa shape index (κ2) is 7.86. The van der Waals surface area contributed by atoms with Crippen molar-refractivity contribution in [1.29, 1.82) is 0 Å². The third-order valence-corrected chi connectivity index (χ3v) is 4.02. The lowest BCUT2D eigenvalue weighted by Gasteiger charge is -2.13. The zero-order valence-corrected chi connectivity index (χ0v) is 15.8. The van der Waals surface area contributed by atoms with Crippen LogP contribution >= 0.6 is 0 Å². The van der Waals surface area contributed by atoms with Gasteiger partial charge in [-0.1, -0.05) is 6.07 Å². The molecule has 0 bridgehead atoms. The van der Waals surface area contributed by atoms with Crippen LogP contribution in [0.25, 0.3) is 0 Å². The van der Waals surface area contributed by atoms with Crippen LogP contribution in [0.1, 0.15) is 28.7 Å². The fourth-order valence-electron chi connectivity index (χ4n) is 2.69. The van der Waals surface area contributed by atoms with E-state index in [1.165, 1.54) is 0 Å². The summed E-state index contributed by atoms with van der Waals surface area (Å²) < 4.78 is 5.41. The topological polar surface area (TPSA) is 76.1 Å². The zero-order valence-electron chi connectivity index (χ0n) is 15.8. The molecule has 3 rings (SSSR count). The number of anilines is 4. The maximum Gasteiger partial charge on any atom is 0.159 e. The van der Waals surface area contributed by atoms with Crippen LogP contribution in [0.5, 0.6) is 5.75 Å². The Bertz CT molecular complexity index is 968. The highest BCUT2D eigenvalue weighted by Crippen LogP contribution is 2.29. The summed E-state index contributed by atoms with van der Waals surface area (Å²) in [7, 11) is 1.64. The van der Waals surface area contributed by atoms with Gasteiger partial charge in [0.1, 0.15) is 23.2 Å². The number of aryl methyl sites for hydroxylation is 2. The Labute approximate surface area is 158 Å². The second-order valence-corrected chi connectivity index (χ2v) is 6.27. The zero-order chi connectivity index (χ0) is 19.4. The van der Waals surface area contributed by atoms with Crippen LogP contribution in [0.2, 0.25) is 0 Å². The highest BCUT2D eigenvalue weighted by molar-refractivity contribution is 5.94. The Hall–Kier alpha value is -3.41. The molecule has 0 saturated carbocycles. The highest BCUT2D eigenvalue weighted by atomic mass is 16.5. The number of aromatic nitrogens is 2.